The first kappa shape index (κ1) is 19.0. The standard InChI is InChI=1S/C21H25N3O3S/c25-20(16-6-7-16)22-19-9-8-18(28-19)21(26)24-12-10-23(11-13-24)14-15-27-17-4-2-1-3-5-17/h1-5,8-9,16H,6-7,10-15H2,(H,22,25). The Bertz CT molecular complexity index is 811. The summed E-state index contributed by atoms with van der Waals surface area (Å²) in [6.45, 7) is 4.62. The Morgan fingerprint density at radius 3 is 2.50 bits per heavy atom. The van der Waals surface area contributed by atoms with E-state index >= 15 is 0 Å². The average Bonchev–Trinajstić information content (AvgIpc) is 3.48. The van der Waals surface area contributed by atoms with Crippen LogP contribution in [0.5, 0.6) is 5.75 Å². The molecule has 1 aromatic heterocycles. The van der Waals surface area contributed by atoms with Gasteiger partial charge in [0.2, 0.25) is 5.91 Å². The lowest BCUT2D eigenvalue weighted by Gasteiger charge is -2.34. The molecule has 2 heterocycles. The topological polar surface area (TPSA) is 61.9 Å². The van der Waals surface area contributed by atoms with Gasteiger partial charge in [0.15, 0.2) is 0 Å². The van der Waals surface area contributed by atoms with Gasteiger partial charge >= 0.3 is 0 Å². The molecule has 148 valence electrons. The molecule has 0 radical (unpaired) electrons. The number of piperazine rings is 1. The van der Waals surface area contributed by atoms with Crippen LogP contribution in [0.3, 0.4) is 0 Å². The highest BCUT2D eigenvalue weighted by atomic mass is 32.1. The van der Waals surface area contributed by atoms with Gasteiger partial charge in [0, 0.05) is 38.6 Å². The molecule has 1 aliphatic heterocycles. The van der Waals surface area contributed by atoms with E-state index in [0.717, 1.165) is 43.2 Å². The van der Waals surface area contributed by atoms with Crippen molar-refractivity contribution in [3.63, 3.8) is 0 Å². The molecule has 0 unspecified atom stereocenters. The van der Waals surface area contributed by atoms with Crippen LogP contribution in [0.15, 0.2) is 42.5 Å². The summed E-state index contributed by atoms with van der Waals surface area (Å²) in [5.74, 6) is 1.18. The summed E-state index contributed by atoms with van der Waals surface area (Å²) < 4.78 is 5.75. The molecule has 2 aromatic rings. The SMILES string of the molecule is O=C(Nc1ccc(C(=O)N2CCN(CCOc3ccccc3)CC2)s1)C1CC1. The summed E-state index contributed by atoms with van der Waals surface area (Å²) in [4.78, 5) is 29.5. The zero-order chi connectivity index (χ0) is 19.3. The van der Waals surface area contributed by atoms with Crippen molar-refractivity contribution < 1.29 is 14.3 Å². The first-order valence-electron chi connectivity index (χ1n) is 9.79. The molecule has 0 spiro atoms. The van der Waals surface area contributed by atoms with Gasteiger partial charge in [-0.25, -0.2) is 0 Å². The molecule has 1 N–H and O–H groups in total. The maximum Gasteiger partial charge on any atom is 0.264 e. The summed E-state index contributed by atoms with van der Waals surface area (Å²) >= 11 is 1.36. The summed E-state index contributed by atoms with van der Waals surface area (Å²) in [6, 6.07) is 13.5. The van der Waals surface area contributed by atoms with Crippen molar-refractivity contribution in [1.82, 2.24) is 9.80 Å². The Balaban J connectivity index is 1.20. The highest BCUT2D eigenvalue weighted by Crippen LogP contribution is 2.32. The van der Waals surface area contributed by atoms with Gasteiger partial charge in [-0.1, -0.05) is 18.2 Å². The minimum absolute atomic E-state index is 0.0529. The maximum absolute atomic E-state index is 12.7. The molecule has 7 heteroatoms. The summed E-state index contributed by atoms with van der Waals surface area (Å²) in [7, 11) is 0. The molecule has 1 saturated heterocycles. The van der Waals surface area contributed by atoms with Crippen molar-refractivity contribution in [2.75, 3.05) is 44.6 Å². The highest BCUT2D eigenvalue weighted by Gasteiger charge is 2.30. The minimum atomic E-state index is 0.0529. The summed E-state index contributed by atoms with van der Waals surface area (Å²) in [5, 5.41) is 3.67. The maximum atomic E-state index is 12.7. The molecule has 2 amide bonds. The molecule has 6 nitrogen and oxygen atoms in total. The largest absolute Gasteiger partial charge is 0.492 e. The Morgan fingerprint density at radius 2 is 1.79 bits per heavy atom. The zero-order valence-electron chi connectivity index (χ0n) is 15.8. The zero-order valence-corrected chi connectivity index (χ0v) is 16.6. The molecule has 1 saturated carbocycles. The molecule has 2 aliphatic rings. The van der Waals surface area contributed by atoms with Crippen LogP contribution in [0, 0.1) is 5.92 Å². The van der Waals surface area contributed by atoms with E-state index in [-0.39, 0.29) is 17.7 Å². The number of ether oxygens (including phenoxy) is 1. The van der Waals surface area contributed by atoms with Gasteiger partial charge in [-0.05, 0) is 37.1 Å². The number of benzene rings is 1. The molecule has 28 heavy (non-hydrogen) atoms. The van der Waals surface area contributed by atoms with E-state index in [0.29, 0.717) is 24.6 Å². The third-order valence-corrected chi connectivity index (χ3v) is 6.08. The fourth-order valence-corrected chi connectivity index (χ4v) is 4.11. The van der Waals surface area contributed by atoms with Gasteiger partial charge in [0.05, 0.1) is 9.88 Å². The Labute approximate surface area is 169 Å². The fraction of sp³-hybridized carbons (Fsp3) is 0.429. The molecule has 1 aromatic carbocycles. The third-order valence-electron chi connectivity index (χ3n) is 5.09. The van der Waals surface area contributed by atoms with Crippen molar-refractivity contribution in [1.29, 1.82) is 0 Å². The van der Waals surface area contributed by atoms with Crippen LogP contribution >= 0.6 is 11.3 Å². The molecule has 4 rings (SSSR count). The lowest BCUT2D eigenvalue weighted by Crippen LogP contribution is -2.49. The number of hydrogen-bond donors (Lipinski definition) is 1. The number of anilines is 1. The Morgan fingerprint density at radius 1 is 1.04 bits per heavy atom. The second-order valence-corrected chi connectivity index (χ2v) is 8.31. The quantitative estimate of drug-likeness (QED) is 0.778. The number of para-hydroxylation sites is 1. The van der Waals surface area contributed by atoms with Crippen molar-refractivity contribution >= 4 is 28.2 Å². The minimum Gasteiger partial charge on any atom is -0.492 e. The van der Waals surface area contributed by atoms with Gasteiger partial charge in [0.25, 0.3) is 5.91 Å². The predicted octanol–water partition coefficient (Wildman–Crippen LogP) is 2.93. The number of carbonyl (C=O) groups is 2. The Hall–Kier alpha value is -2.38. The normalized spacial score (nSPS) is 17.4. The monoisotopic (exact) mass is 399 g/mol. The van der Waals surface area contributed by atoms with E-state index in [1.807, 2.05) is 47.4 Å². The predicted molar refractivity (Wildman–Crippen MR) is 110 cm³/mol. The number of thiophene rings is 1. The molecular formula is C21H25N3O3S. The van der Waals surface area contributed by atoms with Crippen molar-refractivity contribution in [3.8, 4) is 5.75 Å². The van der Waals surface area contributed by atoms with Gasteiger partial charge in [-0.2, -0.15) is 0 Å². The smallest absolute Gasteiger partial charge is 0.264 e. The van der Waals surface area contributed by atoms with Crippen LogP contribution in [0.4, 0.5) is 5.00 Å². The first-order chi connectivity index (χ1) is 13.7. The van der Waals surface area contributed by atoms with Crippen molar-refractivity contribution in [2.24, 2.45) is 5.92 Å². The number of nitrogens with one attached hydrogen (secondary N) is 1. The second kappa shape index (κ2) is 8.75. The lowest BCUT2D eigenvalue weighted by molar-refractivity contribution is -0.117. The van der Waals surface area contributed by atoms with Crippen molar-refractivity contribution in [3.05, 3.63) is 47.3 Å². The van der Waals surface area contributed by atoms with Crippen LogP contribution in [-0.4, -0.2) is 60.9 Å². The van der Waals surface area contributed by atoms with Crippen LogP contribution in [0.2, 0.25) is 0 Å². The van der Waals surface area contributed by atoms with Crippen LogP contribution in [-0.2, 0) is 4.79 Å². The van der Waals surface area contributed by atoms with Gasteiger partial charge in [-0.3, -0.25) is 14.5 Å². The Kier molecular flexibility index (Phi) is 5.92. The lowest BCUT2D eigenvalue weighted by atomic mass is 10.3. The van der Waals surface area contributed by atoms with Crippen LogP contribution in [0.25, 0.3) is 0 Å². The van der Waals surface area contributed by atoms with Gasteiger partial charge in [-0.15, -0.1) is 11.3 Å². The first-order valence-corrected chi connectivity index (χ1v) is 10.6. The molecule has 1 aliphatic carbocycles. The highest BCUT2D eigenvalue weighted by molar-refractivity contribution is 7.18. The number of carbonyl (C=O) groups excluding carboxylic acids is 2. The molecular weight excluding hydrogens is 374 g/mol. The van der Waals surface area contributed by atoms with E-state index in [9.17, 15) is 9.59 Å². The van der Waals surface area contributed by atoms with Crippen molar-refractivity contribution in [2.45, 2.75) is 12.8 Å². The van der Waals surface area contributed by atoms with E-state index in [1.54, 1.807) is 0 Å². The second-order valence-electron chi connectivity index (χ2n) is 7.22. The molecule has 0 atom stereocenters. The summed E-state index contributed by atoms with van der Waals surface area (Å²) in [6.07, 6.45) is 1.95. The van der Waals surface area contributed by atoms with Gasteiger partial charge < -0.3 is 15.0 Å². The number of hydrogen-bond acceptors (Lipinski definition) is 5. The van der Waals surface area contributed by atoms with Crippen LogP contribution in [0.1, 0.15) is 22.5 Å². The van der Waals surface area contributed by atoms with E-state index < -0.39 is 0 Å². The van der Waals surface area contributed by atoms with Crippen LogP contribution < -0.4 is 10.1 Å². The number of amides is 2. The molecule has 2 fully saturated rings. The average molecular weight is 400 g/mol. The fourth-order valence-electron chi connectivity index (χ4n) is 3.23. The van der Waals surface area contributed by atoms with E-state index in [4.69, 9.17) is 4.74 Å². The summed E-state index contributed by atoms with van der Waals surface area (Å²) in [5.41, 5.74) is 0. The van der Waals surface area contributed by atoms with E-state index in [2.05, 4.69) is 10.2 Å². The number of rotatable bonds is 7. The molecule has 0 bridgehead atoms. The third kappa shape index (κ3) is 4.91. The number of nitrogens with zero attached hydrogens (tertiary/aromatic N) is 2. The van der Waals surface area contributed by atoms with Gasteiger partial charge in [0.1, 0.15) is 12.4 Å². The van der Waals surface area contributed by atoms with E-state index in [1.165, 1.54) is 11.3 Å².